The van der Waals surface area contributed by atoms with Gasteiger partial charge in [-0.25, -0.2) is 5.84 Å². The Morgan fingerprint density at radius 2 is 2.15 bits per heavy atom. The highest BCUT2D eigenvalue weighted by molar-refractivity contribution is 6.28. The minimum atomic E-state index is -0.549. The van der Waals surface area contributed by atoms with Crippen LogP contribution in [0.3, 0.4) is 0 Å². The molecule has 110 valence electrons. The third kappa shape index (κ3) is 2.10. The minimum absolute atomic E-state index is 0.00694. The van der Waals surface area contributed by atoms with Crippen molar-refractivity contribution < 1.29 is 4.39 Å². The van der Waals surface area contributed by atoms with E-state index in [0.29, 0.717) is 6.04 Å². The van der Waals surface area contributed by atoms with Crippen molar-refractivity contribution in [3.63, 3.8) is 0 Å². The highest BCUT2D eigenvalue weighted by Gasteiger charge is 2.56. The molecule has 3 N–H and O–H groups in total. The Balaban J connectivity index is 1.93. The van der Waals surface area contributed by atoms with Gasteiger partial charge in [0.05, 0.1) is 0 Å². The maximum Gasteiger partial charge on any atom is 0.226 e. The number of nitrogens with one attached hydrogen (secondary N) is 1. The highest BCUT2D eigenvalue weighted by atomic mass is 35.5. The Labute approximate surface area is 122 Å². The molecule has 20 heavy (non-hydrogen) atoms. The zero-order chi connectivity index (χ0) is 14.5. The van der Waals surface area contributed by atoms with E-state index in [1.807, 2.05) is 4.90 Å². The minimum Gasteiger partial charge on any atom is -0.352 e. The quantitative estimate of drug-likeness (QED) is 0.495. The molecule has 0 bridgehead atoms. The predicted octanol–water partition coefficient (Wildman–Crippen LogP) is 1.09. The van der Waals surface area contributed by atoms with Gasteiger partial charge in [-0.2, -0.15) is 14.4 Å². The summed E-state index contributed by atoms with van der Waals surface area (Å²) in [4.78, 5) is 11.9. The van der Waals surface area contributed by atoms with E-state index in [1.165, 1.54) is 12.8 Å². The van der Waals surface area contributed by atoms with Crippen LogP contribution in [-0.2, 0) is 0 Å². The van der Waals surface area contributed by atoms with Crippen molar-refractivity contribution in [3.05, 3.63) is 11.1 Å². The summed E-state index contributed by atoms with van der Waals surface area (Å²) >= 11 is 5.84. The van der Waals surface area contributed by atoms with E-state index in [9.17, 15) is 4.39 Å². The lowest BCUT2D eigenvalue weighted by Crippen LogP contribution is -2.36. The van der Waals surface area contributed by atoms with E-state index >= 15 is 0 Å². The summed E-state index contributed by atoms with van der Waals surface area (Å²) in [6, 6.07) is 0.407. The first-order valence-electron chi connectivity index (χ1n) is 6.58. The van der Waals surface area contributed by atoms with E-state index in [-0.39, 0.29) is 22.3 Å². The summed E-state index contributed by atoms with van der Waals surface area (Å²) in [6.07, 6.45) is 2.35. The van der Waals surface area contributed by atoms with Gasteiger partial charge in [0.1, 0.15) is 0 Å². The molecule has 0 amide bonds. The van der Waals surface area contributed by atoms with Crippen molar-refractivity contribution in [3.8, 4) is 0 Å². The number of hydrogen-bond acceptors (Lipinski definition) is 6. The number of anilines is 2. The number of hydrazine groups is 1. The van der Waals surface area contributed by atoms with Gasteiger partial charge < -0.3 is 15.2 Å². The molecule has 1 saturated carbocycles. The Morgan fingerprint density at radius 1 is 1.45 bits per heavy atom. The number of aromatic nitrogens is 2. The molecule has 2 heterocycles. The molecule has 2 aliphatic rings. The van der Waals surface area contributed by atoms with Crippen molar-refractivity contribution in [2.75, 3.05) is 37.5 Å². The second-order valence-electron chi connectivity index (χ2n) is 5.85. The SMILES string of the molecule is CN(C)C1CN(c2nc(Cl)nc(NN)c2F)CC12CC2. The van der Waals surface area contributed by atoms with Crippen molar-refractivity contribution in [1.82, 2.24) is 14.9 Å². The number of nitrogen functional groups attached to an aromatic ring is 1. The third-order valence-corrected chi connectivity index (χ3v) is 4.53. The Morgan fingerprint density at radius 3 is 2.65 bits per heavy atom. The number of rotatable bonds is 3. The Bertz CT molecular complexity index is 533. The van der Waals surface area contributed by atoms with E-state index in [0.717, 1.165) is 13.1 Å². The maximum atomic E-state index is 14.3. The van der Waals surface area contributed by atoms with Crippen LogP contribution < -0.4 is 16.2 Å². The van der Waals surface area contributed by atoms with Crippen LogP contribution in [0, 0.1) is 11.2 Å². The lowest BCUT2D eigenvalue weighted by Gasteiger charge is -2.24. The van der Waals surface area contributed by atoms with Gasteiger partial charge in [0.15, 0.2) is 11.6 Å². The normalized spacial score (nSPS) is 23.7. The first-order valence-corrected chi connectivity index (χ1v) is 6.96. The second kappa shape index (κ2) is 4.68. The lowest BCUT2D eigenvalue weighted by atomic mass is 10.0. The lowest BCUT2D eigenvalue weighted by molar-refractivity contribution is 0.241. The first-order chi connectivity index (χ1) is 9.47. The molecule has 0 aromatic carbocycles. The molecule has 3 rings (SSSR count). The predicted molar refractivity (Wildman–Crippen MR) is 76.2 cm³/mol. The van der Waals surface area contributed by atoms with Crippen LogP contribution in [0.15, 0.2) is 0 Å². The second-order valence-corrected chi connectivity index (χ2v) is 6.18. The fourth-order valence-corrected chi connectivity index (χ4v) is 3.36. The monoisotopic (exact) mass is 300 g/mol. The van der Waals surface area contributed by atoms with Crippen LogP contribution in [0.25, 0.3) is 0 Å². The largest absolute Gasteiger partial charge is 0.352 e. The van der Waals surface area contributed by atoms with Gasteiger partial charge in [-0.3, -0.25) is 0 Å². The first kappa shape index (κ1) is 13.8. The van der Waals surface area contributed by atoms with E-state index < -0.39 is 5.82 Å². The van der Waals surface area contributed by atoms with E-state index in [1.54, 1.807) is 0 Å². The van der Waals surface area contributed by atoms with Gasteiger partial charge in [0, 0.05) is 24.5 Å². The molecule has 0 radical (unpaired) electrons. The Kier molecular flexibility index (Phi) is 3.23. The Hall–Kier alpha value is -1.18. The van der Waals surface area contributed by atoms with Gasteiger partial charge in [-0.1, -0.05) is 0 Å². The molecule has 6 nitrogen and oxygen atoms in total. The van der Waals surface area contributed by atoms with Crippen molar-refractivity contribution in [2.45, 2.75) is 18.9 Å². The molecule has 8 heteroatoms. The summed E-state index contributed by atoms with van der Waals surface area (Å²) in [5.41, 5.74) is 2.49. The molecule has 1 unspecified atom stereocenters. The zero-order valence-corrected chi connectivity index (χ0v) is 12.3. The fraction of sp³-hybridized carbons (Fsp3) is 0.667. The van der Waals surface area contributed by atoms with Crippen molar-refractivity contribution in [1.29, 1.82) is 0 Å². The molecule has 1 aliphatic heterocycles. The molecule has 2 fully saturated rings. The summed E-state index contributed by atoms with van der Waals surface area (Å²) in [6.45, 7) is 1.53. The zero-order valence-electron chi connectivity index (χ0n) is 11.5. The molecule has 1 aromatic rings. The fourth-order valence-electron chi connectivity index (χ4n) is 3.19. The number of hydrogen-bond donors (Lipinski definition) is 2. The summed E-state index contributed by atoms with van der Waals surface area (Å²) < 4.78 is 14.3. The van der Waals surface area contributed by atoms with Gasteiger partial charge in [-0.05, 0) is 38.5 Å². The van der Waals surface area contributed by atoms with Gasteiger partial charge >= 0.3 is 0 Å². The average Bonchev–Trinajstić information content (AvgIpc) is 3.04. The van der Waals surface area contributed by atoms with Crippen LogP contribution in [0.2, 0.25) is 5.28 Å². The van der Waals surface area contributed by atoms with Gasteiger partial charge in [0.25, 0.3) is 0 Å². The summed E-state index contributed by atoms with van der Waals surface area (Å²) in [5, 5.41) is -0.00694. The molecule has 1 atom stereocenters. The highest BCUT2D eigenvalue weighted by Crippen LogP contribution is 2.54. The molecule has 1 aromatic heterocycles. The third-order valence-electron chi connectivity index (χ3n) is 4.36. The number of nitrogens with zero attached hydrogens (tertiary/aromatic N) is 4. The van der Waals surface area contributed by atoms with Crippen molar-refractivity contribution >= 4 is 23.2 Å². The molecule has 1 spiro atoms. The van der Waals surface area contributed by atoms with E-state index in [4.69, 9.17) is 17.4 Å². The van der Waals surface area contributed by atoms with Crippen LogP contribution in [0.1, 0.15) is 12.8 Å². The maximum absolute atomic E-state index is 14.3. The van der Waals surface area contributed by atoms with E-state index in [2.05, 4.69) is 34.4 Å². The topological polar surface area (TPSA) is 70.3 Å². The number of likely N-dealkylation sites (N-methyl/N-ethyl adjacent to an activating group) is 1. The van der Waals surface area contributed by atoms with Gasteiger partial charge in [0.2, 0.25) is 11.1 Å². The number of halogens is 2. The summed E-state index contributed by atoms with van der Waals surface area (Å²) in [5.74, 6) is 4.87. The molecular weight excluding hydrogens is 283 g/mol. The van der Waals surface area contributed by atoms with Crippen LogP contribution >= 0.6 is 11.6 Å². The average molecular weight is 301 g/mol. The number of nitrogens with two attached hydrogens (primary N) is 1. The molecular formula is C12H18ClFN6. The molecule has 1 saturated heterocycles. The van der Waals surface area contributed by atoms with Crippen molar-refractivity contribution in [2.24, 2.45) is 11.3 Å². The van der Waals surface area contributed by atoms with Crippen LogP contribution in [-0.4, -0.2) is 48.1 Å². The summed E-state index contributed by atoms with van der Waals surface area (Å²) in [7, 11) is 4.12. The molecule has 1 aliphatic carbocycles. The van der Waals surface area contributed by atoms with Crippen LogP contribution in [0.4, 0.5) is 16.0 Å². The van der Waals surface area contributed by atoms with Crippen LogP contribution in [0.5, 0.6) is 0 Å². The standard InChI is InChI=1S/C12H18ClFN6/c1-19(2)7-5-20(6-12(7)3-4-12)10-8(14)9(18-15)16-11(13)17-10/h7H,3-6,15H2,1-2H3,(H,16,17,18). The smallest absolute Gasteiger partial charge is 0.226 e. The van der Waals surface area contributed by atoms with Gasteiger partial charge in [-0.15, -0.1) is 0 Å².